The molecule has 5 rings (SSSR count). The molecule has 0 aliphatic heterocycles. The monoisotopic (exact) mass is 339 g/mol. The molecule has 1 N–H and O–H groups in total. The Morgan fingerprint density at radius 1 is 1.00 bits per heavy atom. The molecule has 4 heteroatoms. The Kier molecular flexibility index (Phi) is 3.42. The highest BCUT2D eigenvalue weighted by Crippen LogP contribution is 2.40. The van der Waals surface area contributed by atoms with Crippen molar-refractivity contribution in [2.75, 3.05) is 5.32 Å². The summed E-state index contributed by atoms with van der Waals surface area (Å²) < 4.78 is 0. The van der Waals surface area contributed by atoms with E-state index in [9.17, 15) is 4.79 Å². The fraction of sp³-hybridized carbons (Fsp3) is 0.136. The van der Waals surface area contributed by atoms with E-state index in [1.54, 1.807) is 6.20 Å². The first-order chi connectivity index (χ1) is 12.8. The molecule has 0 bridgehead atoms. The molecule has 0 unspecified atom stereocenters. The van der Waals surface area contributed by atoms with Gasteiger partial charge in [0.15, 0.2) is 0 Å². The highest BCUT2D eigenvalue weighted by atomic mass is 16.1. The van der Waals surface area contributed by atoms with Crippen LogP contribution >= 0.6 is 0 Å². The fourth-order valence-electron chi connectivity index (χ4n) is 3.37. The van der Waals surface area contributed by atoms with Crippen LogP contribution in [0.25, 0.3) is 21.8 Å². The molecule has 126 valence electrons. The quantitative estimate of drug-likeness (QED) is 0.577. The number of amides is 1. The molecule has 2 heterocycles. The van der Waals surface area contributed by atoms with Crippen LogP contribution in [0.1, 0.15) is 34.8 Å². The first kappa shape index (κ1) is 15.0. The summed E-state index contributed by atoms with van der Waals surface area (Å²) in [4.78, 5) is 22.3. The number of carbonyl (C=O) groups excluding carboxylic acids is 1. The number of hydrogen-bond acceptors (Lipinski definition) is 3. The Morgan fingerprint density at radius 2 is 1.85 bits per heavy atom. The standard InChI is InChI=1S/C22H17N3O/c26-22(25-19-9-3-5-15-6-4-12-23-21(15)19)17-13-20(14-10-11-14)24-18-8-2-1-7-16(17)18/h1-9,12-14H,10-11H2,(H,25,26). The van der Waals surface area contributed by atoms with Gasteiger partial charge in [-0.2, -0.15) is 0 Å². The minimum absolute atomic E-state index is 0.122. The van der Waals surface area contributed by atoms with E-state index in [1.165, 1.54) is 0 Å². The lowest BCUT2D eigenvalue weighted by molar-refractivity contribution is 0.102. The maximum Gasteiger partial charge on any atom is 0.256 e. The molecule has 0 saturated heterocycles. The first-order valence-corrected chi connectivity index (χ1v) is 8.84. The number of hydrogen-bond donors (Lipinski definition) is 1. The lowest BCUT2D eigenvalue weighted by atomic mass is 10.0. The van der Waals surface area contributed by atoms with Gasteiger partial charge in [-0.15, -0.1) is 0 Å². The van der Waals surface area contributed by atoms with E-state index in [-0.39, 0.29) is 5.91 Å². The summed E-state index contributed by atoms with van der Waals surface area (Å²) in [5.41, 5.74) is 4.08. The molecular formula is C22H17N3O. The van der Waals surface area contributed by atoms with Gasteiger partial charge in [0.1, 0.15) is 0 Å². The molecule has 1 fully saturated rings. The number of para-hydroxylation sites is 2. The number of anilines is 1. The average molecular weight is 339 g/mol. The van der Waals surface area contributed by atoms with Gasteiger partial charge in [0.05, 0.1) is 22.3 Å². The van der Waals surface area contributed by atoms with Crippen LogP contribution in [0.2, 0.25) is 0 Å². The second kappa shape index (κ2) is 5.92. The van der Waals surface area contributed by atoms with Crippen LogP contribution in [0.4, 0.5) is 5.69 Å². The molecule has 1 aliphatic rings. The van der Waals surface area contributed by atoms with Gasteiger partial charge in [-0.05, 0) is 37.1 Å². The summed E-state index contributed by atoms with van der Waals surface area (Å²) in [6, 6.07) is 19.5. The lowest BCUT2D eigenvalue weighted by Gasteiger charge is -2.11. The molecule has 0 radical (unpaired) electrons. The van der Waals surface area contributed by atoms with Crippen molar-refractivity contribution >= 4 is 33.4 Å². The summed E-state index contributed by atoms with van der Waals surface area (Å²) in [5, 5.41) is 4.93. The van der Waals surface area contributed by atoms with E-state index in [4.69, 9.17) is 4.98 Å². The molecule has 1 amide bonds. The van der Waals surface area contributed by atoms with Crippen molar-refractivity contribution < 1.29 is 4.79 Å². The SMILES string of the molecule is O=C(Nc1cccc2cccnc12)c1cc(C2CC2)nc2ccccc12. The number of benzene rings is 2. The molecule has 0 spiro atoms. The fourth-order valence-corrected chi connectivity index (χ4v) is 3.37. The molecule has 0 atom stereocenters. The van der Waals surface area contributed by atoms with Crippen LogP contribution in [0, 0.1) is 0 Å². The van der Waals surface area contributed by atoms with Crippen LogP contribution in [-0.4, -0.2) is 15.9 Å². The minimum atomic E-state index is -0.122. The lowest BCUT2D eigenvalue weighted by Crippen LogP contribution is -2.14. The summed E-state index contributed by atoms with van der Waals surface area (Å²) in [6.07, 6.45) is 4.05. The Bertz CT molecular complexity index is 1140. The molecule has 26 heavy (non-hydrogen) atoms. The van der Waals surface area contributed by atoms with E-state index >= 15 is 0 Å². The van der Waals surface area contributed by atoms with Gasteiger partial charge in [0.25, 0.3) is 5.91 Å². The van der Waals surface area contributed by atoms with Gasteiger partial charge in [0, 0.05) is 28.6 Å². The molecule has 4 aromatic rings. The summed E-state index contributed by atoms with van der Waals surface area (Å²) in [5.74, 6) is 0.369. The number of fused-ring (bicyclic) bond motifs is 2. The zero-order valence-electron chi connectivity index (χ0n) is 14.1. The highest BCUT2D eigenvalue weighted by molar-refractivity contribution is 6.14. The highest BCUT2D eigenvalue weighted by Gasteiger charge is 2.27. The van der Waals surface area contributed by atoms with Crippen molar-refractivity contribution in [2.24, 2.45) is 0 Å². The number of pyridine rings is 2. The van der Waals surface area contributed by atoms with Crippen molar-refractivity contribution in [2.45, 2.75) is 18.8 Å². The first-order valence-electron chi connectivity index (χ1n) is 8.84. The summed E-state index contributed by atoms with van der Waals surface area (Å²) in [6.45, 7) is 0. The average Bonchev–Trinajstić information content (AvgIpc) is 3.53. The molecule has 2 aromatic heterocycles. The van der Waals surface area contributed by atoms with Gasteiger partial charge in [-0.25, -0.2) is 0 Å². The molecule has 2 aromatic carbocycles. The zero-order valence-corrected chi connectivity index (χ0v) is 14.1. The van der Waals surface area contributed by atoms with Gasteiger partial charge in [-0.3, -0.25) is 14.8 Å². The zero-order chi connectivity index (χ0) is 17.5. The Labute approximate surface area is 150 Å². The van der Waals surface area contributed by atoms with Crippen LogP contribution in [-0.2, 0) is 0 Å². The van der Waals surface area contributed by atoms with Gasteiger partial charge in [0.2, 0.25) is 0 Å². The van der Waals surface area contributed by atoms with E-state index in [2.05, 4.69) is 10.3 Å². The van der Waals surface area contributed by atoms with Crippen LogP contribution < -0.4 is 5.32 Å². The van der Waals surface area contributed by atoms with Crippen LogP contribution in [0.15, 0.2) is 66.9 Å². The second-order valence-electron chi connectivity index (χ2n) is 6.72. The smallest absolute Gasteiger partial charge is 0.256 e. The number of nitrogens with zero attached hydrogens (tertiary/aromatic N) is 2. The number of aromatic nitrogens is 2. The van der Waals surface area contributed by atoms with E-state index in [1.807, 2.05) is 60.7 Å². The predicted octanol–water partition coefficient (Wildman–Crippen LogP) is 4.91. The molecule has 1 aliphatic carbocycles. The number of nitrogens with one attached hydrogen (secondary N) is 1. The predicted molar refractivity (Wildman–Crippen MR) is 103 cm³/mol. The Hall–Kier alpha value is -3.27. The Balaban J connectivity index is 1.60. The van der Waals surface area contributed by atoms with Crippen molar-refractivity contribution in [1.29, 1.82) is 0 Å². The van der Waals surface area contributed by atoms with Gasteiger partial charge >= 0.3 is 0 Å². The van der Waals surface area contributed by atoms with Crippen LogP contribution in [0.3, 0.4) is 0 Å². The minimum Gasteiger partial charge on any atom is -0.320 e. The van der Waals surface area contributed by atoms with E-state index < -0.39 is 0 Å². The van der Waals surface area contributed by atoms with Crippen molar-refractivity contribution in [3.63, 3.8) is 0 Å². The number of rotatable bonds is 3. The van der Waals surface area contributed by atoms with Gasteiger partial charge in [-0.1, -0.05) is 36.4 Å². The van der Waals surface area contributed by atoms with E-state index in [0.29, 0.717) is 11.5 Å². The van der Waals surface area contributed by atoms with Gasteiger partial charge < -0.3 is 5.32 Å². The molecule has 1 saturated carbocycles. The van der Waals surface area contributed by atoms with Crippen LogP contribution in [0.5, 0.6) is 0 Å². The summed E-state index contributed by atoms with van der Waals surface area (Å²) in [7, 11) is 0. The maximum absolute atomic E-state index is 13.1. The molecular weight excluding hydrogens is 322 g/mol. The third kappa shape index (κ3) is 2.60. The third-order valence-electron chi connectivity index (χ3n) is 4.86. The van der Waals surface area contributed by atoms with Crippen molar-refractivity contribution in [3.8, 4) is 0 Å². The number of carbonyl (C=O) groups is 1. The maximum atomic E-state index is 13.1. The third-order valence-corrected chi connectivity index (χ3v) is 4.86. The van der Waals surface area contributed by atoms with Crippen molar-refractivity contribution in [1.82, 2.24) is 9.97 Å². The van der Waals surface area contributed by atoms with Crippen molar-refractivity contribution in [3.05, 3.63) is 78.1 Å². The molecule has 4 nitrogen and oxygen atoms in total. The normalized spacial score (nSPS) is 13.8. The second-order valence-corrected chi connectivity index (χ2v) is 6.72. The van der Waals surface area contributed by atoms with E-state index in [0.717, 1.165) is 46.0 Å². The summed E-state index contributed by atoms with van der Waals surface area (Å²) >= 11 is 0. The Morgan fingerprint density at radius 3 is 2.73 bits per heavy atom. The largest absolute Gasteiger partial charge is 0.320 e. The topological polar surface area (TPSA) is 54.9 Å².